The van der Waals surface area contributed by atoms with Crippen molar-refractivity contribution in [1.82, 2.24) is 0 Å². The van der Waals surface area contributed by atoms with Crippen molar-refractivity contribution in [2.24, 2.45) is 0 Å². The van der Waals surface area contributed by atoms with Crippen molar-refractivity contribution in [3.63, 3.8) is 0 Å². The third-order valence-corrected chi connectivity index (χ3v) is 10.1. The van der Waals surface area contributed by atoms with E-state index >= 15 is 0 Å². The Kier molecular flexibility index (Phi) is 16.4. The van der Waals surface area contributed by atoms with Crippen LogP contribution in [0.4, 0.5) is 0 Å². The first-order valence-corrected chi connectivity index (χ1v) is 11.5. The predicted octanol–water partition coefficient (Wildman–Crippen LogP) is -3.28. The van der Waals surface area contributed by atoms with Gasteiger partial charge in [0.2, 0.25) is 0 Å². The average Bonchev–Trinajstić information content (AvgIpc) is 2.93. The minimum absolute atomic E-state index is 0. The first-order chi connectivity index (χ1) is 10.4. The van der Waals surface area contributed by atoms with E-state index in [1.165, 1.54) is 41.1 Å². The number of rotatable bonds is 6. The fourth-order valence-corrected chi connectivity index (χ4v) is 9.56. The summed E-state index contributed by atoms with van der Waals surface area (Å²) in [5, 5.41) is 3.37. The quantitative estimate of drug-likeness (QED) is 0.305. The zero-order valence-corrected chi connectivity index (χ0v) is 21.7. The monoisotopic (exact) mass is 464 g/mol. The molecule has 0 heterocycles. The van der Waals surface area contributed by atoms with E-state index in [9.17, 15) is 0 Å². The molecule has 1 aromatic rings. The van der Waals surface area contributed by atoms with Crippen LogP contribution in [-0.2, 0) is 21.7 Å². The van der Waals surface area contributed by atoms with Crippen LogP contribution in [-0.4, -0.2) is 8.07 Å². The number of hydrogen-bond donors (Lipinski definition) is 0. The van der Waals surface area contributed by atoms with Gasteiger partial charge in [-0.25, -0.2) is 5.57 Å². The average molecular weight is 466 g/mol. The topological polar surface area (TPSA) is 0 Å². The molecule has 0 aromatic heterocycles. The summed E-state index contributed by atoms with van der Waals surface area (Å²) in [6.07, 6.45) is 10.9. The van der Waals surface area contributed by atoms with Gasteiger partial charge >= 0.3 is 21.7 Å². The molecule has 1 unspecified atom stereocenters. The minimum atomic E-state index is -1.65. The fraction of sp³-hybridized carbons (Fsp3) is 0.524. The van der Waals surface area contributed by atoms with Crippen molar-refractivity contribution in [2.75, 3.05) is 0 Å². The van der Waals surface area contributed by atoms with Gasteiger partial charge in [0, 0.05) is 8.07 Å². The molecule has 0 saturated heterocycles. The molecule has 26 heavy (non-hydrogen) atoms. The number of halogens is 3. The summed E-state index contributed by atoms with van der Waals surface area (Å²) in [6.45, 7) is 14.1. The van der Waals surface area contributed by atoms with Crippen LogP contribution in [0.3, 0.4) is 0 Å². The van der Waals surface area contributed by atoms with Crippen LogP contribution in [0.2, 0.25) is 12.6 Å². The fourth-order valence-electron chi connectivity index (χ4n) is 4.34. The standard InChI is InChI=1S/C21H31Si.3ClH.Ti/c1-7-9-13-22(6,20-12-10-11-19(20)8-2)21-17(4)14-16(3)15-18(21)5;;;;/h12,14-15H,7-10,13H2,1-6H3;3*1H;/q-1;;;;+4/p-3. The maximum atomic E-state index is 3.62. The van der Waals surface area contributed by atoms with Crippen LogP contribution in [0.15, 0.2) is 29.0 Å². The second-order valence-electron chi connectivity index (χ2n) is 7.04. The van der Waals surface area contributed by atoms with Crippen LogP contribution < -0.4 is 42.4 Å². The molecule has 0 amide bonds. The Labute approximate surface area is 195 Å². The van der Waals surface area contributed by atoms with E-state index in [-0.39, 0.29) is 58.9 Å². The third-order valence-electron chi connectivity index (χ3n) is 5.15. The first-order valence-electron chi connectivity index (χ1n) is 8.83. The molecule has 1 aliphatic rings. The van der Waals surface area contributed by atoms with E-state index in [0.29, 0.717) is 0 Å². The molecule has 1 aromatic carbocycles. The largest absolute Gasteiger partial charge is 4.00 e. The van der Waals surface area contributed by atoms with Gasteiger partial charge in [0.1, 0.15) is 0 Å². The summed E-state index contributed by atoms with van der Waals surface area (Å²) in [7, 11) is -1.65. The molecule has 0 radical (unpaired) electrons. The van der Waals surface area contributed by atoms with Crippen LogP contribution in [0, 0.1) is 26.8 Å². The van der Waals surface area contributed by atoms with E-state index in [0.717, 1.165) is 12.8 Å². The van der Waals surface area contributed by atoms with E-state index in [2.05, 4.69) is 65.5 Å². The molecule has 0 nitrogen and oxygen atoms in total. The van der Waals surface area contributed by atoms with E-state index in [4.69, 9.17) is 0 Å². The molecular weight excluding hydrogens is 435 g/mol. The van der Waals surface area contributed by atoms with Crippen molar-refractivity contribution in [1.29, 1.82) is 0 Å². The molecule has 0 N–H and O–H groups in total. The number of allylic oxidation sites excluding steroid dienone is 4. The van der Waals surface area contributed by atoms with Crippen molar-refractivity contribution in [3.05, 3.63) is 51.7 Å². The Hall–Kier alpha value is 0.501. The Morgan fingerprint density at radius 1 is 1.00 bits per heavy atom. The Bertz CT molecular complexity index is 603. The Morgan fingerprint density at radius 2 is 1.54 bits per heavy atom. The number of benzene rings is 1. The van der Waals surface area contributed by atoms with Crippen LogP contribution in [0.5, 0.6) is 0 Å². The van der Waals surface area contributed by atoms with Gasteiger partial charge in [-0.15, -0.1) is 6.42 Å². The van der Waals surface area contributed by atoms with Gasteiger partial charge in [0.15, 0.2) is 0 Å². The Balaban J connectivity index is -0.00000132. The van der Waals surface area contributed by atoms with Crippen LogP contribution in [0.1, 0.15) is 56.2 Å². The molecule has 2 rings (SSSR count). The molecule has 0 aliphatic heterocycles. The number of aryl methyl sites for hydroxylation is 3. The molecule has 144 valence electrons. The summed E-state index contributed by atoms with van der Waals surface area (Å²) in [5.74, 6) is 0. The van der Waals surface area contributed by atoms with Gasteiger partial charge in [-0.2, -0.15) is 11.3 Å². The minimum Gasteiger partial charge on any atom is -1.00 e. The van der Waals surface area contributed by atoms with Crippen molar-refractivity contribution >= 4 is 13.3 Å². The summed E-state index contributed by atoms with van der Waals surface area (Å²) in [5.41, 5.74) is 5.91. The first kappa shape index (κ1) is 31.2. The van der Waals surface area contributed by atoms with Gasteiger partial charge in [-0.3, -0.25) is 6.08 Å². The zero-order chi connectivity index (χ0) is 16.3. The molecule has 0 bridgehead atoms. The molecule has 5 heteroatoms. The number of unbranched alkanes of at least 4 members (excludes halogenated alkanes) is 1. The van der Waals surface area contributed by atoms with Gasteiger partial charge in [0.05, 0.1) is 0 Å². The molecule has 0 fully saturated rings. The second-order valence-corrected chi connectivity index (χ2v) is 11.2. The smallest absolute Gasteiger partial charge is 1.00 e. The summed E-state index contributed by atoms with van der Waals surface area (Å²) >= 11 is 0. The second kappa shape index (κ2) is 13.6. The van der Waals surface area contributed by atoms with Crippen LogP contribution in [0.25, 0.3) is 0 Å². The molecule has 1 atom stereocenters. The molecular formula is C21H31Cl3SiTi. The normalized spacial score (nSPS) is 14.5. The van der Waals surface area contributed by atoms with Gasteiger partial charge in [0.25, 0.3) is 0 Å². The van der Waals surface area contributed by atoms with Crippen molar-refractivity contribution in [2.45, 2.75) is 72.9 Å². The van der Waals surface area contributed by atoms with Crippen molar-refractivity contribution in [3.8, 4) is 0 Å². The maximum absolute atomic E-state index is 3.62. The van der Waals surface area contributed by atoms with Crippen LogP contribution >= 0.6 is 0 Å². The number of hydrogen-bond acceptors (Lipinski definition) is 0. The zero-order valence-electron chi connectivity index (χ0n) is 16.9. The molecule has 1 aliphatic carbocycles. The summed E-state index contributed by atoms with van der Waals surface area (Å²) in [6, 6.07) is 6.13. The van der Waals surface area contributed by atoms with E-state index in [1.54, 1.807) is 10.4 Å². The summed E-state index contributed by atoms with van der Waals surface area (Å²) in [4.78, 5) is 0. The third kappa shape index (κ3) is 6.54. The Morgan fingerprint density at radius 3 is 2.00 bits per heavy atom. The molecule has 0 spiro atoms. The summed E-state index contributed by atoms with van der Waals surface area (Å²) < 4.78 is 0. The molecule has 0 saturated carbocycles. The predicted molar refractivity (Wildman–Crippen MR) is 101 cm³/mol. The SMILES string of the molecule is CCCC[Si](C)(C1=CC[C-]=C1CC)c1c(C)cc(C)cc1C.[Cl-].[Cl-].[Cl-].[Ti+4]. The van der Waals surface area contributed by atoms with Gasteiger partial charge < -0.3 is 37.2 Å². The van der Waals surface area contributed by atoms with E-state index in [1.807, 2.05) is 0 Å². The van der Waals surface area contributed by atoms with E-state index < -0.39 is 8.07 Å². The van der Waals surface area contributed by atoms with Crippen molar-refractivity contribution < 1.29 is 58.9 Å². The van der Waals surface area contributed by atoms with Gasteiger partial charge in [-0.1, -0.05) is 79.7 Å². The maximum Gasteiger partial charge on any atom is 4.00 e. The van der Waals surface area contributed by atoms with Gasteiger partial charge in [-0.05, 0) is 20.8 Å².